The van der Waals surface area contributed by atoms with Crippen LogP contribution in [0.5, 0.6) is 0 Å². The summed E-state index contributed by atoms with van der Waals surface area (Å²) in [7, 11) is 0. The predicted molar refractivity (Wildman–Crippen MR) is 64.4 cm³/mol. The van der Waals surface area contributed by atoms with Gasteiger partial charge in [0, 0.05) is 18.0 Å². The van der Waals surface area contributed by atoms with Crippen LogP contribution in [0.25, 0.3) is 0 Å². The molecule has 0 aromatic rings. The Morgan fingerprint density at radius 3 is 2.60 bits per heavy atom. The highest BCUT2D eigenvalue weighted by molar-refractivity contribution is 9.09. The van der Waals surface area contributed by atoms with Crippen molar-refractivity contribution >= 4 is 15.9 Å². The van der Waals surface area contributed by atoms with Crippen molar-refractivity contribution in [3.63, 3.8) is 0 Å². The lowest BCUT2D eigenvalue weighted by atomic mass is 9.90. The molecular weight excluding hydrogens is 256 g/mol. The van der Waals surface area contributed by atoms with E-state index in [9.17, 15) is 0 Å². The van der Waals surface area contributed by atoms with Gasteiger partial charge in [-0.25, -0.2) is 0 Å². The first kappa shape index (κ1) is 11.9. The van der Waals surface area contributed by atoms with Crippen molar-refractivity contribution in [1.82, 2.24) is 0 Å². The average molecular weight is 277 g/mol. The molecule has 0 saturated carbocycles. The normalized spacial score (nSPS) is 39.8. The van der Waals surface area contributed by atoms with E-state index >= 15 is 0 Å². The van der Waals surface area contributed by atoms with Crippen LogP contribution in [-0.4, -0.2) is 30.2 Å². The van der Waals surface area contributed by atoms with Gasteiger partial charge in [-0.15, -0.1) is 0 Å². The number of hydrogen-bond acceptors (Lipinski definition) is 2. The molecule has 2 fully saturated rings. The second-order valence-corrected chi connectivity index (χ2v) is 6.37. The van der Waals surface area contributed by atoms with Crippen molar-refractivity contribution in [1.29, 1.82) is 0 Å². The SMILES string of the molecule is CC1(C)OCC(CCC2CCOC2)C1Br. The minimum atomic E-state index is 0.0108. The highest BCUT2D eigenvalue weighted by Gasteiger charge is 2.41. The minimum absolute atomic E-state index is 0.0108. The molecule has 3 unspecified atom stereocenters. The van der Waals surface area contributed by atoms with Crippen LogP contribution >= 0.6 is 15.9 Å². The molecule has 0 aliphatic carbocycles. The third-order valence-corrected chi connectivity index (χ3v) is 5.57. The van der Waals surface area contributed by atoms with Crippen LogP contribution < -0.4 is 0 Å². The van der Waals surface area contributed by atoms with Crippen molar-refractivity contribution in [2.75, 3.05) is 19.8 Å². The maximum absolute atomic E-state index is 5.80. The first-order valence-corrected chi connectivity index (χ1v) is 6.87. The Labute approximate surface area is 101 Å². The smallest absolute Gasteiger partial charge is 0.0754 e. The number of hydrogen-bond donors (Lipinski definition) is 0. The molecule has 88 valence electrons. The second kappa shape index (κ2) is 4.72. The first-order valence-electron chi connectivity index (χ1n) is 5.95. The van der Waals surface area contributed by atoms with Gasteiger partial charge in [-0.1, -0.05) is 15.9 Å². The number of ether oxygens (including phenoxy) is 2. The molecular formula is C12H21BrO2. The third kappa shape index (κ3) is 2.75. The lowest BCUT2D eigenvalue weighted by molar-refractivity contribution is 0.0377. The van der Waals surface area contributed by atoms with Gasteiger partial charge in [0.05, 0.1) is 12.2 Å². The van der Waals surface area contributed by atoms with Gasteiger partial charge < -0.3 is 9.47 Å². The standard InChI is InChI=1S/C12H21BrO2/c1-12(2)11(13)10(8-15-12)4-3-9-5-6-14-7-9/h9-11H,3-8H2,1-2H3. The summed E-state index contributed by atoms with van der Waals surface area (Å²) < 4.78 is 11.2. The maximum atomic E-state index is 5.80. The van der Waals surface area contributed by atoms with Crippen LogP contribution in [0, 0.1) is 11.8 Å². The van der Waals surface area contributed by atoms with E-state index < -0.39 is 0 Å². The molecule has 2 heterocycles. The molecule has 2 rings (SSSR count). The molecule has 0 amide bonds. The zero-order valence-electron chi connectivity index (χ0n) is 9.67. The first-order chi connectivity index (χ1) is 7.09. The molecule has 2 nitrogen and oxygen atoms in total. The van der Waals surface area contributed by atoms with Crippen LogP contribution in [0.15, 0.2) is 0 Å². The fourth-order valence-electron chi connectivity index (χ4n) is 2.54. The zero-order valence-corrected chi connectivity index (χ0v) is 11.3. The van der Waals surface area contributed by atoms with Gasteiger partial charge >= 0.3 is 0 Å². The van der Waals surface area contributed by atoms with Crippen molar-refractivity contribution in [2.24, 2.45) is 11.8 Å². The summed E-state index contributed by atoms with van der Waals surface area (Å²) >= 11 is 3.78. The number of halogens is 1. The van der Waals surface area contributed by atoms with E-state index in [4.69, 9.17) is 9.47 Å². The van der Waals surface area contributed by atoms with E-state index in [0.29, 0.717) is 10.7 Å². The molecule has 0 aromatic heterocycles. The van der Waals surface area contributed by atoms with Crippen LogP contribution in [0.3, 0.4) is 0 Å². The molecule has 0 bridgehead atoms. The second-order valence-electron chi connectivity index (χ2n) is 5.38. The van der Waals surface area contributed by atoms with Crippen LogP contribution in [0.1, 0.15) is 33.1 Å². The van der Waals surface area contributed by atoms with Crippen LogP contribution in [-0.2, 0) is 9.47 Å². The molecule has 3 heteroatoms. The van der Waals surface area contributed by atoms with Gasteiger partial charge in [-0.05, 0) is 44.9 Å². The summed E-state index contributed by atoms with van der Waals surface area (Å²) in [5.74, 6) is 1.48. The van der Waals surface area contributed by atoms with Gasteiger partial charge in [-0.3, -0.25) is 0 Å². The summed E-state index contributed by atoms with van der Waals surface area (Å²) in [4.78, 5) is 0.507. The largest absolute Gasteiger partial charge is 0.381 e. The Kier molecular flexibility index (Phi) is 3.74. The molecule has 0 aromatic carbocycles. The van der Waals surface area contributed by atoms with Crippen molar-refractivity contribution < 1.29 is 9.47 Å². The lowest BCUT2D eigenvalue weighted by Gasteiger charge is -2.23. The fourth-order valence-corrected chi connectivity index (χ4v) is 3.09. The Bertz CT molecular complexity index is 212. The molecule has 2 saturated heterocycles. The van der Waals surface area contributed by atoms with E-state index in [1.807, 2.05) is 0 Å². The molecule has 2 aliphatic heterocycles. The fraction of sp³-hybridized carbons (Fsp3) is 1.00. The third-order valence-electron chi connectivity index (χ3n) is 3.72. The minimum Gasteiger partial charge on any atom is -0.381 e. The Morgan fingerprint density at radius 1 is 1.27 bits per heavy atom. The molecule has 0 N–H and O–H groups in total. The van der Waals surface area contributed by atoms with E-state index in [2.05, 4.69) is 29.8 Å². The monoisotopic (exact) mass is 276 g/mol. The number of rotatable bonds is 3. The summed E-state index contributed by atoms with van der Waals surface area (Å²) in [5.41, 5.74) is 0.0108. The van der Waals surface area contributed by atoms with Crippen LogP contribution in [0.2, 0.25) is 0 Å². The van der Waals surface area contributed by atoms with Crippen LogP contribution in [0.4, 0.5) is 0 Å². The van der Waals surface area contributed by atoms with E-state index in [-0.39, 0.29) is 5.60 Å². The van der Waals surface area contributed by atoms with Gasteiger partial charge in [-0.2, -0.15) is 0 Å². The van der Waals surface area contributed by atoms with Gasteiger partial charge in [0.15, 0.2) is 0 Å². The zero-order chi connectivity index (χ0) is 10.9. The molecule has 3 atom stereocenters. The maximum Gasteiger partial charge on any atom is 0.0754 e. The molecule has 0 spiro atoms. The van der Waals surface area contributed by atoms with E-state index in [1.54, 1.807) is 0 Å². The van der Waals surface area contributed by atoms with Gasteiger partial charge in [0.2, 0.25) is 0 Å². The Hall–Kier alpha value is 0.400. The summed E-state index contributed by atoms with van der Waals surface area (Å²) in [6.07, 6.45) is 3.82. The van der Waals surface area contributed by atoms with Gasteiger partial charge in [0.1, 0.15) is 0 Å². The number of alkyl halides is 1. The van der Waals surface area contributed by atoms with E-state index in [0.717, 1.165) is 25.7 Å². The lowest BCUT2D eigenvalue weighted by Crippen LogP contribution is -2.30. The molecule has 2 aliphatic rings. The van der Waals surface area contributed by atoms with Crippen molar-refractivity contribution in [3.05, 3.63) is 0 Å². The molecule has 0 radical (unpaired) electrons. The van der Waals surface area contributed by atoms with Gasteiger partial charge in [0.25, 0.3) is 0 Å². The average Bonchev–Trinajstić information content (AvgIpc) is 2.76. The summed E-state index contributed by atoms with van der Waals surface area (Å²) in [5, 5.41) is 0. The predicted octanol–water partition coefficient (Wildman–Crippen LogP) is 2.99. The van der Waals surface area contributed by atoms with E-state index in [1.165, 1.54) is 19.3 Å². The van der Waals surface area contributed by atoms with Crippen molar-refractivity contribution in [3.8, 4) is 0 Å². The quantitative estimate of drug-likeness (QED) is 0.738. The Morgan fingerprint density at radius 2 is 2.07 bits per heavy atom. The summed E-state index contributed by atoms with van der Waals surface area (Å²) in [6, 6.07) is 0. The topological polar surface area (TPSA) is 18.5 Å². The highest BCUT2D eigenvalue weighted by Crippen LogP contribution is 2.38. The summed E-state index contributed by atoms with van der Waals surface area (Å²) in [6.45, 7) is 7.20. The molecule has 15 heavy (non-hydrogen) atoms. The van der Waals surface area contributed by atoms with Crippen molar-refractivity contribution in [2.45, 2.75) is 43.5 Å². The highest BCUT2D eigenvalue weighted by atomic mass is 79.9. The Balaban J connectivity index is 1.75.